The Morgan fingerprint density at radius 3 is 2.36 bits per heavy atom. The van der Waals surface area contributed by atoms with Crippen molar-refractivity contribution in [2.24, 2.45) is 5.10 Å². The Morgan fingerprint density at radius 2 is 1.55 bits per heavy atom. The van der Waals surface area contributed by atoms with Crippen molar-refractivity contribution in [3.63, 3.8) is 0 Å². The Kier molecular flexibility index (Phi) is 5.39. The van der Waals surface area contributed by atoms with E-state index in [1.807, 2.05) is 54.6 Å². The number of fused-ring (bicyclic) bond motifs is 2. The fourth-order valence-electron chi connectivity index (χ4n) is 3.50. The molecular weight excluding hydrogens is 416 g/mol. The van der Waals surface area contributed by atoms with Crippen LogP contribution in [0.2, 0.25) is 0 Å². The molecule has 0 aliphatic rings. The van der Waals surface area contributed by atoms with Gasteiger partial charge in [-0.1, -0.05) is 54.6 Å². The van der Waals surface area contributed by atoms with Crippen molar-refractivity contribution < 1.29 is 18.7 Å². The number of furan rings is 1. The Morgan fingerprint density at radius 1 is 0.818 bits per heavy atom. The average molecular weight is 434 g/mol. The van der Waals surface area contributed by atoms with E-state index in [4.69, 9.17) is 9.15 Å². The second-order valence-corrected chi connectivity index (χ2v) is 7.33. The molecule has 0 atom stereocenters. The van der Waals surface area contributed by atoms with Gasteiger partial charge < -0.3 is 9.15 Å². The fourth-order valence-corrected chi connectivity index (χ4v) is 3.50. The number of esters is 1. The maximum atomic E-state index is 12.7. The van der Waals surface area contributed by atoms with Crippen LogP contribution in [0.25, 0.3) is 21.7 Å². The van der Waals surface area contributed by atoms with Gasteiger partial charge in [-0.05, 0) is 58.8 Å². The predicted octanol–water partition coefficient (Wildman–Crippen LogP) is 5.57. The van der Waals surface area contributed by atoms with E-state index in [2.05, 4.69) is 10.5 Å². The molecule has 0 unspecified atom stereocenters. The first-order chi connectivity index (χ1) is 16.2. The number of rotatable bonds is 5. The molecule has 0 saturated heterocycles. The van der Waals surface area contributed by atoms with Gasteiger partial charge in [0.2, 0.25) is 0 Å². The molecule has 1 heterocycles. The van der Waals surface area contributed by atoms with Crippen LogP contribution >= 0.6 is 0 Å². The van der Waals surface area contributed by atoms with E-state index >= 15 is 0 Å². The molecule has 33 heavy (non-hydrogen) atoms. The normalized spacial score (nSPS) is 11.2. The number of ether oxygens (including phenoxy) is 1. The summed E-state index contributed by atoms with van der Waals surface area (Å²) in [6, 6.07) is 29.1. The molecule has 0 spiro atoms. The lowest BCUT2D eigenvalue weighted by Crippen LogP contribution is -2.16. The van der Waals surface area contributed by atoms with Crippen LogP contribution in [0.4, 0.5) is 0 Å². The molecule has 1 aromatic heterocycles. The van der Waals surface area contributed by atoms with E-state index in [0.717, 1.165) is 21.7 Å². The van der Waals surface area contributed by atoms with Crippen LogP contribution in [-0.2, 0) is 0 Å². The van der Waals surface area contributed by atoms with Crippen LogP contribution in [0.1, 0.15) is 26.5 Å². The first kappa shape index (κ1) is 20.2. The van der Waals surface area contributed by atoms with Crippen LogP contribution in [0, 0.1) is 0 Å². The van der Waals surface area contributed by atoms with Crippen molar-refractivity contribution in [1.82, 2.24) is 5.43 Å². The third kappa shape index (κ3) is 4.36. The number of carbonyl (C=O) groups excluding carboxylic acids is 2. The lowest BCUT2D eigenvalue weighted by Gasteiger charge is -2.07. The largest absolute Gasteiger partial charge is 0.451 e. The summed E-state index contributed by atoms with van der Waals surface area (Å²) in [5.41, 5.74) is 4.32. The summed E-state index contributed by atoms with van der Waals surface area (Å²) in [5.74, 6) is -0.269. The zero-order valence-corrected chi connectivity index (χ0v) is 17.4. The van der Waals surface area contributed by atoms with Crippen molar-refractivity contribution in [2.75, 3.05) is 0 Å². The highest BCUT2D eigenvalue weighted by atomic mass is 16.5. The maximum Gasteiger partial charge on any atom is 0.344 e. The number of nitrogens with one attached hydrogen (secondary N) is 1. The molecular formula is C27H18N2O4. The second-order valence-electron chi connectivity index (χ2n) is 7.33. The van der Waals surface area contributed by atoms with Crippen LogP contribution in [-0.4, -0.2) is 18.1 Å². The number of hydrazone groups is 1. The van der Waals surface area contributed by atoms with Crippen molar-refractivity contribution in [3.8, 4) is 5.75 Å². The molecule has 1 N–H and O–H groups in total. The van der Waals surface area contributed by atoms with E-state index < -0.39 is 11.9 Å². The summed E-state index contributed by atoms with van der Waals surface area (Å²) in [5, 5.41) is 6.63. The Labute approximate surface area is 189 Å². The summed E-state index contributed by atoms with van der Waals surface area (Å²) in [6.07, 6.45) is 1.50. The minimum absolute atomic E-state index is 0.184. The smallest absolute Gasteiger partial charge is 0.344 e. The minimum atomic E-state index is -0.442. The Balaban J connectivity index is 1.22. The van der Waals surface area contributed by atoms with Crippen molar-refractivity contribution in [3.05, 3.63) is 114 Å². The molecule has 160 valence electrons. The molecule has 0 aliphatic carbocycles. The second kappa shape index (κ2) is 8.80. The van der Waals surface area contributed by atoms with Gasteiger partial charge >= 0.3 is 11.9 Å². The van der Waals surface area contributed by atoms with E-state index in [9.17, 15) is 9.59 Å². The van der Waals surface area contributed by atoms with Gasteiger partial charge in [0.15, 0.2) is 5.76 Å². The molecule has 0 fully saturated rings. The first-order valence-electron chi connectivity index (χ1n) is 10.3. The number of amides is 1. The standard InChI is InChI=1S/C27H18N2O4/c30-26(25-16-20-7-2-4-11-24(20)33-25)29-28-17-18-12-14-21(15-13-18)32-27(31)23-10-5-8-19-6-1-3-9-22(19)23/h1-17H,(H,29,30)/b28-17+. The summed E-state index contributed by atoms with van der Waals surface area (Å²) in [7, 11) is 0. The minimum Gasteiger partial charge on any atom is -0.451 e. The molecule has 5 aromatic rings. The van der Waals surface area contributed by atoms with E-state index in [1.54, 1.807) is 42.5 Å². The quantitative estimate of drug-likeness (QED) is 0.170. The van der Waals surface area contributed by atoms with Gasteiger partial charge in [0.1, 0.15) is 11.3 Å². The van der Waals surface area contributed by atoms with Crippen molar-refractivity contribution in [1.29, 1.82) is 0 Å². The van der Waals surface area contributed by atoms with Crippen LogP contribution in [0.15, 0.2) is 107 Å². The van der Waals surface area contributed by atoms with E-state index in [1.165, 1.54) is 6.21 Å². The molecule has 0 radical (unpaired) electrons. The molecule has 6 nitrogen and oxygen atoms in total. The number of para-hydroxylation sites is 1. The maximum absolute atomic E-state index is 12.7. The molecule has 5 rings (SSSR count). The van der Waals surface area contributed by atoms with Gasteiger partial charge in [0, 0.05) is 5.39 Å². The summed E-state index contributed by atoms with van der Waals surface area (Å²) >= 11 is 0. The monoisotopic (exact) mass is 434 g/mol. The number of benzene rings is 4. The first-order valence-corrected chi connectivity index (χ1v) is 10.3. The third-order valence-electron chi connectivity index (χ3n) is 5.13. The molecule has 1 amide bonds. The lowest BCUT2D eigenvalue weighted by atomic mass is 10.0. The third-order valence-corrected chi connectivity index (χ3v) is 5.13. The van der Waals surface area contributed by atoms with Crippen molar-refractivity contribution >= 4 is 39.8 Å². The van der Waals surface area contributed by atoms with E-state index in [-0.39, 0.29) is 5.76 Å². The summed E-state index contributed by atoms with van der Waals surface area (Å²) in [4.78, 5) is 24.9. The van der Waals surface area contributed by atoms with E-state index in [0.29, 0.717) is 16.9 Å². The topological polar surface area (TPSA) is 80.9 Å². The number of hydrogen-bond acceptors (Lipinski definition) is 5. The molecule has 6 heteroatoms. The van der Waals surface area contributed by atoms with Gasteiger partial charge in [-0.3, -0.25) is 4.79 Å². The predicted molar refractivity (Wildman–Crippen MR) is 127 cm³/mol. The van der Waals surface area contributed by atoms with Crippen LogP contribution in [0.3, 0.4) is 0 Å². The number of nitrogens with zero attached hydrogens (tertiary/aromatic N) is 1. The van der Waals surface area contributed by atoms with Gasteiger partial charge in [0.25, 0.3) is 0 Å². The van der Waals surface area contributed by atoms with Gasteiger partial charge in [0.05, 0.1) is 11.8 Å². The molecule has 0 saturated carbocycles. The van der Waals surface area contributed by atoms with Crippen LogP contribution in [0.5, 0.6) is 5.75 Å². The average Bonchev–Trinajstić information content (AvgIpc) is 3.29. The number of carbonyl (C=O) groups is 2. The highest BCUT2D eigenvalue weighted by Gasteiger charge is 2.13. The SMILES string of the molecule is O=C(N/N=C/c1ccc(OC(=O)c2cccc3ccccc23)cc1)c1cc2ccccc2o1. The highest BCUT2D eigenvalue weighted by Crippen LogP contribution is 2.21. The van der Waals surface area contributed by atoms with Gasteiger partial charge in [-0.2, -0.15) is 5.10 Å². The zero-order chi connectivity index (χ0) is 22.6. The Bertz CT molecular complexity index is 1460. The summed E-state index contributed by atoms with van der Waals surface area (Å²) < 4.78 is 11.0. The van der Waals surface area contributed by atoms with Crippen LogP contribution < -0.4 is 10.2 Å². The zero-order valence-electron chi connectivity index (χ0n) is 17.4. The molecule has 0 aliphatic heterocycles. The fraction of sp³-hybridized carbons (Fsp3) is 0. The van der Waals surface area contributed by atoms with Gasteiger partial charge in [-0.25, -0.2) is 10.2 Å². The molecule has 0 bridgehead atoms. The van der Waals surface area contributed by atoms with Gasteiger partial charge in [-0.15, -0.1) is 0 Å². The highest BCUT2D eigenvalue weighted by molar-refractivity contribution is 6.05. The molecule has 4 aromatic carbocycles. The lowest BCUT2D eigenvalue weighted by molar-refractivity contribution is 0.0736. The Hall–Kier alpha value is -4.71. The summed E-state index contributed by atoms with van der Waals surface area (Å²) in [6.45, 7) is 0. The van der Waals surface area contributed by atoms with Crippen molar-refractivity contribution in [2.45, 2.75) is 0 Å². The number of hydrogen-bond donors (Lipinski definition) is 1.